The quantitative estimate of drug-likeness (QED) is 0.0341. The van der Waals surface area contributed by atoms with Crippen LogP contribution in [0.5, 0.6) is 0 Å². The van der Waals surface area contributed by atoms with Crippen LogP contribution in [-0.4, -0.2) is 42.1 Å². The third-order valence-corrected chi connectivity index (χ3v) is 14.8. The van der Waals surface area contributed by atoms with Crippen molar-refractivity contribution >= 4 is 48.7 Å². The Bertz CT molecular complexity index is 6700. The molecule has 0 aliphatic carbocycles. The van der Waals surface area contributed by atoms with Crippen LogP contribution in [-0.2, 0) is 20.9 Å². The molecule has 5 nitrogen and oxygen atoms in total. The van der Waals surface area contributed by atoms with Crippen LogP contribution in [0.4, 0.5) is 11.4 Å². The van der Waals surface area contributed by atoms with E-state index >= 15 is 0 Å². The molecule has 0 radical (unpaired) electrons. The van der Waals surface area contributed by atoms with E-state index in [1.165, 1.54) is 56.9 Å². The smallest absolute Gasteiger partial charge is 0.748 e. The second kappa shape index (κ2) is 52.9. The zero-order chi connectivity index (χ0) is 77.8. The van der Waals surface area contributed by atoms with Gasteiger partial charge in [0.1, 0.15) is 6.54 Å². The molecule has 4 aromatic carbocycles. The monoisotopic (exact) mass is 1420 g/mol. The third kappa shape index (κ3) is 33.4. The Hall–Kier alpha value is -16.0. The summed E-state index contributed by atoms with van der Waals surface area (Å²) in [4.78, 5) is 2.31. The Labute approximate surface area is 674 Å². The molecule has 110 heavy (non-hydrogen) atoms. The van der Waals surface area contributed by atoms with Gasteiger partial charge in [0.15, 0.2) is 5.71 Å². The van der Waals surface area contributed by atoms with Crippen molar-refractivity contribution in [3.05, 3.63) is 132 Å². The van der Waals surface area contributed by atoms with Gasteiger partial charge < -0.3 is 9.45 Å². The van der Waals surface area contributed by atoms with Gasteiger partial charge in [0, 0.05) is 290 Å². The fourth-order valence-electron chi connectivity index (χ4n) is 9.86. The number of terminal acetylenes is 1. The van der Waals surface area contributed by atoms with Crippen molar-refractivity contribution in [2.45, 2.75) is 84.5 Å². The zero-order valence-electron chi connectivity index (χ0n) is 61.2. The van der Waals surface area contributed by atoms with E-state index in [9.17, 15) is 13.0 Å². The number of rotatable bonds is 13. The van der Waals surface area contributed by atoms with Crippen LogP contribution in [0.25, 0.3) is 21.5 Å². The van der Waals surface area contributed by atoms with E-state index in [0.717, 1.165) is 24.4 Å². The molecule has 6 rings (SSSR count). The maximum absolute atomic E-state index is 11.3. The van der Waals surface area contributed by atoms with Crippen LogP contribution < -0.4 is 34.5 Å². The van der Waals surface area contributed by atoms with Crippen molar-refractivity contribution < 1.29 is 47.1 Å². The average Bonchev–Trinajstić information content (AvgIpc) is 1.58. The normalized spacial score (nSPS) is 10.2. The maximum Gasteiger partial charge on any atom is 1.00 e. The Morgan fingerprint density at radius 3 is 1.10 bits per heavy atom. The summed E-state index contributed by atoms with van der Waals surface area (Å²) >= 11 is 0. The molecule has 0 atom stereocenters. The summed E-state index contributed by atoms with van der Waals surface area (Å²) in [6.07, 6.45) is 24.4. The van der Waals surface area contributed by atoms with E-state index in [-0.39, 0.29) is 46.1 Å². The van der Waals surface area contributed by atoms with Crippen LogP contribution in [0.15, 0.2) is 121 Å². The van der Waals surface area contributed by atoms with Gasteiger partial charge in [0.25, 0.3) is 0 Å². The number of allylic oxidation sites excluding steroid dienone is 8. The zero-order valence-corrected chi connectivity index (χ0v) is 64.0. The first kappa shape index (κ1) is 86.4. The van der Waals surface area contributed by atoms with Crippen molar-refractivity contribution in [2.24, 2.45) is 0 Å². The molecule has 0 amide bonds. The van der Waals surface area contributed by atoms with Gasteiger partial charge in [-0.2, -0.15) is 4.58 Å². The SMILES string of the molecule is C#CC#CC#CC#CC#CC#CC#CC#CC#CC#CC#CC#CC#CC#CC#CC#CC#CC#CC#CC#CC#CC#CC#CC#CC#CC#CC#CC#CC#CC.CCCCC[N+]1=C(C=CC=CC=CC=C2N(CCCCS(=O)(=O)[O-])c3ccc4ccccc4c3C2(C)C)C(C)(C)c2c1ccc1ccccc21.[Na+]. The molecule has 2 aliphatic heterocycles. The van der Waals surface area contributed by atoms with Crippen LogP contribution in [0, 0.1) is 344 Å². The summed E-state index contributed by atoms with van der Waals surface area (Å²) in [5, 5.41) is 5.05. The van der Waals surface area contributed by atoms with Crippen LogP contribution in [0.2, 0.25) is 0 Å². The van der Waals surface area contributed by atoms with Crippen molar-refractivity contribution in [3.8, 4) is 344 Å². The van der Waals surface area contributed by atoms with Gasteiger partial charge in [0.2, 0.25) is 5.69 Å². The van der Waals surface area contributed by atoms with Gasteiger partial charge in [-0.05, 0) is 180 Å². The van der Waals surface area contributed by atoms with Gasteiger partial charge in [-0.15, -0.1) is 6.42 Å². The minimum absolute atomic E-state index is 0. The molecule has 0 fully saturated rings. The van der Waals surface area contributed by atoms with Crippen molar-refractivity contribution in [1.29, 1.82) is 0 Å². The van der Waals surface area contributed by atoms with E-state index in [1.54, 1.807) is 6.92 Å². The average molecular weight is 1420 g/mol. The number of nitrogens with zero attached hydrogens (tertiary/aromatic N) is 2. The minimum Gasteiger partial charge on any atom is -0.748 e. The Morgan fingerprint density at radius 1 is 0.400 bits per heavy atom. The first-order valence-electron chi connectivity index (χ1n) is 32.9. The molecule has 4 aromatic rings. The second-order valence-electron chi connectivity index (χ2n) is 21.9. The van der Waals surface area contributed by atoms with Gasteiger partial charge in [0.05, 0.1) is 15.5 Å². The van der Waals surface area contributed by atoms with E-state index in [0.29, 0.717) is 19.4 Å². The number of anilines is 1. The summed E-state index contributed by atoms with van der Waals surface area (Å²) in [5.41, 5.74) is 7.26. The number of benzene rings is 4. The number of hydrogen-bond donors (Lipinski definition) is 0. The Kier molecular flexibility index (Phi) is 41.5. The summed E-state index contributed by atoms with van der Waals surface area (Å²) in [5.74, 6) is 142. The molecular formula is C103H54N2NaO3S+. The molecule has 0 saturated heterocycles. The molecule has 7 heteroatoms. The molecular weight excluding hydrogens is 1370 g/mol. The molecule has 0 aromatic heterocycles. The van der Waals surface area contributed by atoms with Crippen LogP contribution >= 0.6 is 0 Å². The number of fused-ring (bicyclic) bond motifs is 6. The largest absolute Gasteiger partial charge is 1.00 e. The summed E-state index contributed by atoms with van der Waals surface area (Å²) in [6.45, 7) is 14.8. The van der Waals surface area contributed by atoms with Gasteiger partial charge in [-0.3, -0.25) is 0 Å². The van der Waals surface area contributed by atoms with Crippen LogP contribution in [0.1, 0.15) is 84.8 Å². The predicted molar refractivity (Wildman–Crippen MR) is 442 cm³/mol. The van der Waals surface area contributed by atoms with Gasteiger partial charge in [-0.1, -0.05) is 118 Å². The molecule has 0 N–H and O–H groups in total. The summed E-state index contributed by atoms with van der Waals surface area (Å²) < 4.78 is 36.3. The first-order valence-corrected chi connectivity index (χ1v) is 34.4. The van der Waals surface area contributed by atoms with E-state index in [1.807, 2.05) is 0 Å². The van der Waals surface area contributed by atoms with E-state index in [2.05, 4.69) is 497 Å². The molecule has 0 saturated carbocycles. The van der Waals surface area contributed by atoms with Crippen LogP contribution in [0.3, 0.4) is 0 Å². The van der Waals surface area contributed by atoms with E-state index in [4.69, 9.17) is 6.42 Å². The fourth-order valence-corrected chi connectivity index (χ4v) is 10.4. The van der Waals surface area contributed by atoms with Crippen molar-refractivity contribution in [2.75, 3.05) is 23.7 Å². The second-order valence-corrected chi connectivity index (χ2v) is 23.4. The molecule has 0 spiro atoms. The molecule has 0 unspecified atom stereocenters. The predicted octanol–water partition coefficient (Wildman–Crippen LogP) is 7.97. The molecule has 2 heterocycles. The van der Waals surface area contributed by atoms with Crippen molar-refractivity contribution in [1.82, 2.24) is 0 Å². The van der Waals surface area contributed by atoms with Gasteiger partial charge >= 0.3 is 29.6 Å². The minimum atomic E-state index is -4.23. The Morgan fingerprint density at radius 2 is 0.736 bits per heavy atom. The topological polar surface area (TPSA) is 63.5 Å². The molecule has 500 valence electrons. The standard InChI is InChI=1S/C59H4.C44H50N2O3S.Na/c1-3-5-7-9-11-13-15-17-19-21-23-25-27-29-31-33-35-37-39-41-43-45-47-49-51-53-55-57-59-58-56-54-52-50-48-46-44-42-40-38-36-34-32-30-28-26-24-22-20-18-16-14-12-10-8-6-4-2;1-6-7-17-30-45-37-28-26-33-20-13-15-22-35(33)41(37)43(2,3)39(45)24-11-9-8-10-12-25-40-44(4,5)42-36-23-16-14-21-34(36)27-29-38(42)46(40)31-18-19-32-50(47,48)49;/h1H,2H3;8-16,20-29H,6-7,17-19,30-32H2,1-5H3;/q;;+1. The molecule has 0 bridgehead atoms. The summed E-state index contributed by atoms with van der Waals surface area (Å²) in [7, 11) is -4.23. The van der Waals surface area contributed by atoms with Crippen molar-refractivity contribution in [3.63, 3.8) is 0 Å². The third-order valence-electron chi connectivity index (χ3n) is 14.0. The molecule has 2 aliphatic rings. The number of unbranched alkanes of at least 4 members (excludes halogenated alkanes) is 3. The maximum atomic E-state index is 11.3. The number of hydrogen-bond acceptors (Lipinski definition) is 4. The van der Waals surface area contributed by atoms with Gasteiger partial charge in [-0.25, -0.2) is 8.42 Å². The summed E-state index contributed by atoms with van der Waals surface area (Å²) in [6, 6.07) is 26.1. The van der Waals surface area contributed by atoms with E-state index < -0.39 is 10.1 Å². The fraction of sp³-hybridized carbons (Fsp3) is 0.155. The first-order chi connectivity index (χ1) is 53.4. The Balaban J connectivity index is 0.000000464.